The summed E-state index contributed by atoms with van der Waals surface area (Å²) in [4.78, 5) is 31.0. The van der Waals surface area contributed by atoms with Gasteiger partial charge in [0, 0.05) is 42.5 Å². The van der Waals surface area contributed by atoms with Gasteiger partial charge in [-0.25, -0.2) is 0 Å². The number of carbonyl (C=O) groups is 2. The zero-order chi connectivity index (χ0) is 23.2. The van der Waals surface area contributed by atoms with Gasteiger partial charge in [-0.1, -0.05) is 18.5 Å². The minimum Gasteiger partial charge on any atom is -0.356 e. The van der Waals surface area contributed by atoms with E-state index in [2.05, 4.69) is 27.7 Å². The fourth-order valence-electron chi connectivity index (χ4n) is 4.41. The number of fused-ring (bicyclic) bond motifs is 1. The van der Waals surface area contributed by atoms with Gasteiger partial charge in [-0.3, -0.25) is 19.9 Å². The number of amidine groups is 1. The highest BCUT2D eigenvalue weighted by Crippen LogP contribution is 2.25. The van der Waals surface area contributed by atoms with Crippen molar-refractivity contribution in [1.29, 1.82) is 0 Å². The second-order valence-electron chi connectivity index (χ2n) is 9.03. The Morgan fingerprint density at radius 3 is 2.70 bits per heavy atom. The van der Waals surface area contributed by atoms with Gasteiger partial charge in [0.15, 0.2) is 0 Å². The number of nitrogens with zero attached hydrogens (tertiary/aromatic N) is 4. The largest absolute Gasteiger partial charge is 0.356 e. The van der Waals surface area contributed by atoms with Crippen LogP contribution in [0.25, 0.3) is 0 Å². The number of piperidine rings is 1. The van der Waals surface area contributed by atoms with E-state index in [1.54, 1.807) is 23.2 Å². The van der Waals surface area contributed by atoms with Crippen LogP contribution in [0.4, 0.5) is 5.69 Å². The second-order valence-corrected chi connectivity index (χ2v) is 9.47. The third-order valence-electron chi connectivity index (χ3n) is 6.50. The molecule has 8 nitrogen and oxygen atoms in total. The van der Waals surface area contributed by atoms with Crippen molar-refractivity contribution in [2.75, 3.05) is 31.1 Å². The maximum absolute atomic E-state index is 12.9. The van der Waals surface area contributed by atoms with Crippen molar-refractivity contribution in [2.24, 2.45) is 11.0 Å². The maximum atomic E-state index is 12.9. The van der Waals surface area contributed by atoms with Gasteiger partial charge < -0.3 is 15.1 Å². The van der Waals surface area contributed by atoms with E-state index >= 15 is 0 Å². The fraction of sp³-hybridized carbons (Fsp3) is 0.542. The molecular weight excluding hydrogens is 440 g/mol. The van der Waals surface area contributed by atoms with Crippen LogP contribution >= 0.6 is 11.6 Å². The number of amides is 2. The smallest absolute Gasteiger partial charge is 0.276 e. The molecular formula is C24H33ClN6O2. The Balaban J connectivity index is 1.15. The summed E-state index contributed by atoms with van der Waals surface area (Å²) in [5.74, 6) is 1.58. The average Bonchev–Trinajstić information content (AvgIpc) is 3.23. The van der Waals surface area contributed by atoms with E-state index in [1.807, 2.05) is 23.2 Å². The number of hydrazone groups is 1. The minimum absolute atomic E-state index is 0.0737. The highest BCUT2D eigenvalue weighted by Gasteiger charge is 2.37. The predicted molar refractivity (Wildman–Crippen MR) is 131 cm³/mol. The Bertz CT molecular complexity index is 895. The first-order valence-corrected chi connectivity index (χ1v) is 12.3. The fourth-order valence-corrected chi connectivity index (χ4v) is 4.53. The normalized spacial score (nSPS) is 21.1. The topological polar surface area (TPSA) is 80.3 Å². The van der Waals surface area contributed by atoms with E-state index in [4.69, 9.17) is 11.6 Å². The van der Waals surface area contributed by atoms with Gasteiger partial charge in [-0.2, -0.15) is 5.10 Å². The molecule has 3 aliphatic rings. The van der Waals surface area contributed by atoms with Gasteiger partial charge in [0.25, 0.3) is 5.91 Å². The monoisotopic (exact) mass is 472 g/mol. The van der Waals surface area contributed by atoms with E-state index in [1.165, 1.54) is 25.9 Å². The van der Waals surface area contributed by atoms with Gasteiger partial charge in [0.2, 0.25) is 12.1 Å². The van der Waals surface area contributed by atoms with Gasteiger partial charge in [0.05, 0.1) is 0 Å². The van der Waals surface area contributed by atoms with Crippen LogP contribution in [0, 0.1) is 5.92 Å². The Morgan fingerprint density at radius 1 is 1.18 bits per heavy atom. The van der Waals surface area contributed by atoms with E-state index in [0.717, 1.165) is 37.0 Å². The number of rotatable bonds is 9. The predicted octanol–water partition coefficient (Wildman–Crippen LogP) is 3.11. The van der Waals surface area contributed by atoms with Crippen molar-refractivity contribution < 1.29 is 9.59 Å². The number of benzene rings is 1. The van der Waals surface area contributed by atoms with E-state index in [0.29, 0.717) is 24.3 Å². The summed E-state index contributed by atoms with van der Waals surface area (Å²) in [5.41, 5.74) is 3.68. The van der Waals surface area contributed by atoms with Crippen LogP contribution in [-0.4, -0.2) is 59.8 Å². The number of carbonyl (C=O) groups excluding carboxylic acids is 2. The Morgan fingerprint density at radius 2 is 1.94 bits per heavy atom. The van der Waals surface area contributed by atoms with Crippen LogP contribution < -0.4 is 15.6 Å². The summed E-state index contributed by atoms with van der Waals surface area (Å²) in [5, 5.41) is 7.99. The second kappa shape index (κ2) is 11.0. The lowest BCUT2D eigenvalue weighted by Gasteiger charge is -2.32. The maximum Gasteiger partial charge on any atom is 0.276 e. The van der Waals surface area contributed by atoms with Crippen molar-refractivity contribution in [3.63, 3.8) is 0 Å². The number of nitrogens with one attached hydrogen (secondary N) is 2. The molecule has 1 atom stereocenters. The third-order valence-corrected chi connectivity index (χ3v) is 6.75. The third kappa shape index (κ3) is 6.06. The zero-order valence-electron chi connectivity index (χ0n) is 19.2. The first kappa shape index (κ1) is 23.6. The van der Waals surface area contributed by atoms with E-state index in [-0.39, 0.29) is 11.8 Å². The van der Waals surface area contributed by atoms with Crippen molar-refractivity contribution in [3.8, 4) is 0 Å². The summed E-state index contributed by atoms with van der Waals surface area (Å²) in [7, 11) is 0. The summed E-state index contributed by atoms with van der Waals surface area (Å²) >= 11 is 5.95. The lowest BCUT2D eigenvalue weighted by Crippen LogP contribution is -2.52. The molecule has 3 aliphatic heterocycles. The number of hydrogen-bond acceptors (Lipinski definition) is 6. The standard InChI is InChI=1S/C24H33ClN6O2/c1-18-10-14-29(15-11-18)13-3-12-26-22(32)5-2-4-21-27-28-23-24(33)30(16-17-31(21)23)20-8-6-19(25)7-9-20/h6-9,16-18,23,28H,2-5,10-15H2,1H3,(H,26,32). The van der Waals surface area contributed by atoms with E-state index < -0.39 is 6.17 Å². The molecule has 0 saturated carbocycles. The molecule has 0 aliphatic carbocycles. The zero-order valence-corrected chi connectivity index (χ0v) is 19.9. The number of hydrogen-bond donors (Lipinski definition) is 2. The molecule has 3 heterocycles. The van der Waals surface area contributed by atoms with Gasteiger partial charge in [0.1, 0.15) is 5.84 Å². The van der Waals surface area contributed by atoms with Crippen LogP contribution in [-0.2, 0) is 9.59 Å². The van der Waals surface area contributed by atoms with Crippen molar-refractivity contribution in [3.05, 3.63) is 41.7 Å². The molecule has 9 heteroatoms. The van der Waals surface area contributed by atoms with Gasteiger partial charge in [-0.15, -0.1) is 0 Å². The first-order chi connectivity index (χ1) is 16.0. The Hall–Kier alpha value is -2.58. The van der Waals surface area contributed by atoms with Crippen LogP contribution in [0.1, 0.15) is 45.4 Å². The van der Waals surface area contributed by atoms with E-state index in [9.17, 15) is 9.59 Å². The van der Waals surface area contributed by atoms with Crippen molar-refractivity contribution in [2.45, 2.75) is 51.6 Å². The molecule has 1 aromatic carbocycles. The van der Waals surface area contributed by atoms with Crippen LogP contribution in [0.2, 0.25) is 5.02 Å². The molecule has 178 valence electrons. The number of likely N-dealkylation sites (tertiary alicyclic amines) is 1. The summed E-state index contributed by atoms with van der Waals surface area (Å²) in [6.45, 7) is 6.45. The van der Waals surface area contributed by atoms with Crippen molar-refractivity contribution in [1.82, 2.24) is 20.5 Å². The van der Waals surface area contributed by atoms with Crippen LogP contribution in [0.15, 0.2) is 41.8 Å². The summed E-state index contributed by atoms with van der Waals surface area (Å²) in [6, 6.07) is 7.13. The molecule has 2 amide bonds. The molecule has 0 bridgehead atoms. The van der Waals surface area contributed by atoms with Gasteiger partial charge in [-0.05, 0) is 75.5 Å². The van der Waals surface area contributed by atoms with Gasteiger partial charge >= 0.3 is 0 Å². The Labute approximate surface area is 200 Å². The molecule has 0 radical (unpaired) electrons. The minimum atomic E-state index is -0.563. The molecule has 2 N–H and O–H groups in total. The lowest BCUT2D eigenvalue weighted by molar-refractivity contribution is -0.122. The first-order valence-electron chi connectivity index (χ1n) is 11.9. The highest BCUT2D eigenvalue weighted by atomic mass is 35.5. The molecule has 0 aromatic heterocycles. The molecule has 0 spiro atoms. The lowest BCUT2D eigenvalue weighted by atomic mass is 9.99. The van der Waals surface area contributed by atoms with Crippen molar-refractivity contribution >= 4 is 34.9 Å². The van der Waals surface area contributed by atoms with Crippen LogP contribution in [0.5, 0.6) is 0 Å². The highest BCUT2D eigenvalue weighted by molar-refractivity contribution is 6.30. The molecule has 4 rings (SSSR count). The molecule has 1 fully saturated rings. The molecule has 33 heavy (non-hydrogen) atoms. The summed E-state index contributed by atoms with van der Waals surface area (Å²) < 4.78 is 0. The summed E-state index contributed by atoms with van der Waals surface area (Å²) in [6.07, 6.45) is 8.33. The Kier molecular flexibility index (Phi) is 7.88. The molecule has 1 aromatic rings. The quantitative estimate of drug-likeness (QED) is 0.540. The molecule has 1 unspecified atom stereocenters. The van der Waals surface area contributed by atoms with Crippen LogP contribution in [0.3, 0.4) is 0 Å². The number of halogens is 1. The molecule has 1 saturated heterocycles. The SMILES string of the molecule is CC1CCN(CCCNC(=O)CCCC2=NNC3C(=O)N(c4ccc(Cl)cc4)C=CN23)CC1. The average molecular weight is 473 g/mol. The number of anilines is 1.